The number of benzene rings is 3. The number of imidazole rings is 1. The van der Waals surface area contributed by atoms with Crippen LogP contribution in [0.3, 0.4) is 0 Å². The van der Waals surface area contributed by atoms with Gasteiger partial charge in [0.15, 0.2) is 0 Å². The molecule has 0 aliphatic carbocycles. The van der Waals surface area contributed by atoms with E-state index in [-0.39, 0.29) is 30.5 Å². The van der Waals surface area contributed by atoms with Crippen molar-refractivity contribution in [2.75, 3.05) is 13.2 Å². The topological polar surface area (TPSA) is 86.5 Å². The molecule has 6 rings (SSSR count). The molecular formula is C31H25F2N3O4. The lowest BCUT2D eigenvalue weighted by atomic mass is 10.0. The molecule has 0 amide bonds. The summed E-state index contributed by atoms with van der Waals surface area (Å²) in [7, 11) is 0. The van der Waals surface area contributed by atoms with Crippen molar-refractivity contribution >= 4 is 17.0 Å². The summed E-state index contributed by atoms with van der Waals surface area (Å²) in [5.41, 5.74) is 4.29. The molecule has 7 nitrogen and oxygen atoms in total. The van der Waals surface area contributed by atoms with E-state index < -0.39 is 11.8 Å². The Morgan fingerprint density at radius 2 is 1.80 bits per heavy atom. The monoisotopic (exact) mass is 541 g/mol. The highest BCUT2D eigenvalue weighted by Gasteiger charge is 2.26. The Labute approximate surface area is 228 Å². The molecule has 1 saturated heterocycles. The maximum Gasteiger partial charge on any atom is 0.335 e. The Morgan fingerprint density at radius 3 is 2.52 bits per heavy atom. The van der Waals surface area contributed by atoms with Crippen LogP contribution in [0, 0.1) is 18.6 Å². The summed E-state index contributed by atoms with van der Waals surface area (Å²) in [6, 6.07) is 19.8. The minimum atomic E-state index is -1.02. The number of pyridine rings is 1. The number of hydrogen-bond donors (Lipinski definition) is 1. The number of aryl methyl sites for hydroxylation is 1. The number of nitrogens with zero attached hydrogens (tertiary/aromatic N) is 3. The summed E-state index contributed by atoms with van der Waals surface area (Å²) in [4.78, 5) is 20.7. The number of carboxylic acid groups (broad SMARTS) is 1. The van der Waals surface area contributed by atoms with Gasteiger partial charge in [0.2, 0.25) is 5.88 Å². The van der Waals surface area contributed by atoms with Crippen LogP contribution in [0.4, 0.5) is 8.78 Å². The van der Waals surface area contributed by atoms with Gasteiger partial charge in [0.25, 0.3) is 0 Å². The molecule has 1 fully saturated rings. The molecule has 9 heteroatoms. The van der Waals surface area contributed by atoms with Gasteiger partial charge in [0.1, 0.15) is 24.1 Å². The number of halogens is 2. The molecule has 0 saturated carbocycles. The van der Waals surface area contributed by atoms with E-state index in [2.05, 4.69) is 4.98 Å². The summed E-state index contributed by atoms with van der Waals surface area (Å²) in [6.45, 7) is 2.81. The fraction of sp³-hybridized carbons (Fsp3) is 0.194. The molecule has 5 aromatic rings. The minimum Gasteiger partial charge on any atom is -0.478 e. The second-order valence-electron chi connectivity index (χ2n) is 9.83. The minimum absolute atomic E-state index is 0.00621. The van der Waals surface area contributed by atoms with Crippen molar-refractivity contribution in [3.8, 4) is 17.1 Å². The number of carboxylic acids is 1. The number of hydrogen-bond acceptors (Lipinski definition) is 5. The van der Waals surface area contributed by atoms with Crippen molar-refractivity contribution in [1.29, 1.82) is 0 Å². The highest BCUT2D eigenvalue weighted by Crippen LogP contribution is 2.30. The fourth-order valence-electron chi connectivity index (χ4n) is 4.78. The van der Waals surface area contributed by atoms with Crippen LogP contribution in [0.5, 0.6) is 5.88 Å². The molecule has 40 heavy (non-hydrogen) atoms. The normalized spacial score (nSPS) is 13.4. The third-order valence-electron chi connectivity index (χ3n) is 7.00. The molecule has 3 aromatic carbocycles. The lowest BCUT2D eigenvalue weighted by molar-refractivity contribution is -0.0226. The van der Waals surface area contributed by atoms with Gasteiger partial charge in [-0.2, -0.15) is 0 Å². The molecule has 3 heterocycles. The summed E-state index contributed by atoms with van der Waals surface area (Å²) < 4.78 is 42.6. The third-order valence-corrected chi connectivity index (χ3v) is 7.00. The SMILES string of the molecule is Cc1ccc(COc2cccc(-c3ccc(Cc4nc5ccc(C(=O)O)cc5n4C4COC4)c(F)c3)n2)c(F)c1. The van der Waals surface area contributed by atoms with E-state index >= 15 is 4.39 Å². The van der Waals surface area contributed by atoms with Crippen molar-refractivity contribution in [3.63, 3.8) is 0 Å². The third kappa shape index (κ3) is 5.03. The first-order valence-electron chi connectivity index (χ1n) is 12.8. The van der Waals surface area contributed by atoms with Gasteiger partial charge in [-0.3, -0.25) is 0 Å². The average Bonchev–Trinajstić information content (AvgIpc) is 3.25. The van der Waals surface area contributed by atoms with Crippen LogP contribution in [-0.4, -0.2) is 38.8 Å². The molecule has 1 aliphatic rings. The molecule has 0 unspecified atom stereocenters. The van der Waals surface area contributed by atoms with Gasteiger partial charge in [-0.15, -0.1) is 0 Å². The van der Waals surface area contributed by atoms with Crippen molar-refractivity contribution < 1.29 is 28.2 Å². The van der Waals surface area contributed by atoms with Gasteiger partial charge >= 0.3 is 5.97 Å². The van der Waals surface area contributed by atoms with E-state index in [1.807, 2.05) is 17.6 Å². The van der Waals surface area contributed by atoms with Crippen LogP contribution in [0.1, 0.15) is 38.9 Å². The van der Waals surface area contributed by atoms with E-state index in [4.69, 9.17) is 14.5 Å². The van der Waals surface area contributed by atoms with Gasteiger partial charge in [-0.25, -0.2) is 23.5 Å². The van der Waals surface area contributed by atoms with Crippen molar-refractivity contribution in [2.45, 2.75) is 26.0 Å². The van der Waals surface area contributed by atoms with Crippen LogP contribution in [-0.2, 0) is 17.8 Å². The standard InChI is InChI=1S/C31H25F2N3O4/c1-18-5-6-22(24(32)11-18)15-40-30-4-2-3-26(35-30)20-8-7-19(25(33)12-20)14-29-34-27-10-9-21(31(37)38)13-28(27)36(29)23-16-39-17-23/h2-13,23H,14-17H2,1H3,(H,37,38). The van der Waals surface area contributed by atoms with Gasteiger partial charge in [-0.05, 0) is 54.4 Å². The second kappa shape index (κ2) is 10.5. The van der Waals surface area contributed by atoms with E-state index in [1.54, 1.807) is 48.5 Å². The van der Waals surface area contributed by atoms with E-state index in [1.165, 1.54) is 18.2 Å². The Morgan fingerprint density at radius 1 is 1.00 bits per heavy atom. The lowest BCUT2D eigenvalue weighted by Crippen LogP contribution is -2.31. The van der Waals surface area contributed by atoms with Crippen molar-refractivity contribution in [1.82, 2.24) is 14.5 Å². The Kier molecular flexibility index (Phi) is 6.73. The number of ether oxygens (including phenoxy) is 2. The molecular weight excluding hydrogens is 516 g/mol. The van der Waals surface area contributed by atoms with Gasteiger partial charge in [0, 0.05) is 23.6 Å². The van der Waals surface area contributed by atoms with E-state index in [0.29, 0.717) is 58.3 Å². The number of aromatic carboxylic acids is 1. The van der Waals surface area contributed by atoms with Gasteiger partial charge in [-0.1, -0.05) is 30.3 Å². The molecule has 1 aliphatic heterocycles. The zero-order chi connectivity index (χ0) is 27.8. The molecule has 202 valence electrons. The fourth-order valence-corrected chi connectivity index (χ4v) is 4.78. The number of rotatable bonds is 8. The highest BCUT2D eigenvalue weighted by molar-refractivity contribution is 5.92. The molecule has 1 N–H and O–H groups in total. The molecule has 0 spiro atoms. The average molecular weight is 542 g/mol. The van der Waals surface area contributed by atoms with Gasteiger partial charge in [0.05, 0.1) is 41.5 Å². The summed E-state index contributed by atoms with van der Waals surface area (Å²) in [6.07, 6.45) is 0.221. The van der Waals surface area contributed by atoms with Crippen LogP contribution >= 0.6 is 0 Å². The first kappa shape index (κ1) is 25.6. The second-order valence-corrected chi connectivity index (χ2v) is 9.83. The Hall–Kier alpha value is -4.63. The maximum atomic E-state index is 15.4. The first-order chi connectivity index (χ1) is 19.4. The van der Waals surface area contributed by atoms with Crippen molar-refractivity contribution in [3.05, 3.63) is 113 Å². The molecule has 2 aromatic heterocycles. The summed E-state index contributed by atoms with van der Waals surface area (Å²) in [5.74, 6) is -0.835. The highest BCUT2D eigenvalue weighted by atomic mass is 19.1. The van der Waals surface area contributed by atoms with Crippen LogP contribution in [0.15, 0.2) is 72.8 Å². The predicted octanol–water partition coefficient (Wildman–Crippen LogP) is 6.12. The van der Waals surface area contributed by atoms with E-state index in [9.17, 15) is 14.3 Å². The molecule has 0 atom stereocenters. The first-order valence-corrected chi connectivity index (χ1v) is 12.8. The quantitative estimate of drug-likeness (QED) is 0.255. The van der Waals surface area contributed by atoms with Crippen LogP contribution < -0.4 is 4.74 Å². The largest absolute Gasteiger partial charge is 0.478 e. The maximum absolute atomic E-state index is 15.4. The number of aromatic nitrogens is 3. The van der Waals surface area contributed by atoms with Crippen LogP contribution in [0.2, 0.25) is 0 Å². The zero-order valence-electron chi connectivity index (χ0n) is 21.6. The number of carbonyl (C=O) groups is 1. The van der Waals surface area contributed by atoms with Gasteiger partial charge < -0.3 is 19.1 Å². The van der Waals surface area contributed by atoms with Crippen LogP contribution in [0.25, 0.3) is 22.3 Å². The Bertz CT molecular complexity index is 1750. The predicted molar refractivity (Wildman–Crippen MR) is 144 cm³/mol. The summed E-state index contributed by atoms with van der Waals surface area (Å²) in [5, 5.41) is 9.43. The van der Waals surface area contributed by atoms with Crippen molar-refractivity contribution in [2.24, 2.45) is 0 Å². The lowest BCUT2D eigenvalue weighted by Gasteiger charge is -2.29. The number of fused-ring (bicyclic) bond motifs is 1. The zero-order valence-corrected chi connectivity index (χ0v) is 21.6. The molecule has 0 bridgehead atoms. The summed E-state index contributed by atoms with van der Waals surface area (Å²) >= 11 is 0. The molecule has 0 radical (unpaired) electrons. The smallest absolute Gasteiger partial charge is 0.335 e. The Balaban J connectivity index is 1.24. The van der Waals surface area contributed by atoms with E-state index in [0.717, 1.165) is 5.56 Å².